The molecule has 1 aliphatic rings. The molecule has 1 saturated carbocycles. The standard InChI is InChI=1S/C16H34N2O2/c1-2-9-17-14-16(7-5-3-4-6-8-16)15-18(10-12-19)11-13-20/h17,19-20H,2-15H2,1H3. The first-order valence-corrected chi connectivity index (χ1v) is 8.41. The van der Waals surface area contributed by atoms with Gasteiger partial charge >= 0.3 is 0 Å². The second-order valence-electron chi connectivity index (χ2n) is 6.31. The number of aliphatic hydroxyl groups excluding tert-OH is 2. The molecule has 0 unspecified atom stereocenters. The molecule has 120 valence electrons. The van der Waals surface area contributed by atoms with Crippen molar-refractivity contribution in [3.63, 3.8) is 0 Å². The van der Waals surface area contributed by atoms with E-state index in [2.05, 4.69) is 17.1 Å². The molecule has 1 rings (SSSR count). The normalized spacial score (nSPS) is 19.2. The molecule has 4 nitrogen and oxygen atoms in total. The molecule has 0 radical (unpaired) electrons. The van der Waals surface area contributed by atoms with Gasteiger partial charge in [0.25, 0.3) is 0 Å². The third kappa shape index (κ3) is 6.53. The number of nitrogens with zero attached hydrogens (tertiary/aromatic N) is 1. The molecule has 0 aromatic heterocycles. The van der Waals surface area contributed by atoms with E-state index in [9.17, 15) is 10.2 Å². The number of nitrogens with one attached hydrogen (secondary N) is 1. The average molecular weight is 286 g/mol. The highest BCUT2D eigenvalue weighted by molar-refractivity contribution is 4.87. The molecular weight excluding hydrogens is 252 g/mol. The van der Waals surface area contributed by atoms with Crippen LogP contribution in [0.5, 0.6) is 0 Å². The van der Waals surface area contributed by atoms with Crippen LogP contribution in [-0.4, -0.2) is 61.1 Å². The van der Waals surface area contributed by atoms with Crippen LogP contribution >= 0.6 is 0 Å². The third-order valence-electron chi connectivity index (χ3n) is 4.48. The fourth-order valence-electron chi connectivity index (χ4n) is 3.43. The highest BCUT2D eigenvalue weighted by atomic mass is 16.3. The van der Waals surface area contributed by atoms with Crippen LogP contribution in [0.2, 0.25) is 0 Å². The van der Waals surface area contributed by atoms with Crippen LogP contribution in [0.25, 0.3) is 0 Å². The van der Waals surface area contributed by atoms with E-state index in [-0.39, 0.29) is 13.2 Å². The van der Waals surface area contributed by atoms with Crippen molar-refractivity contribution in [3.05, 3.63) is 0 Å². The molecule has 0 aromatic carbocycles. The van der Waals surface area contributed by atoms with Crippen molar-refractivity contribution in [3.8, 4) is 0 Å². The van der Waals surface area contributed by atoms with Crippen molar-refractivity contribution in [2.24, 2.45) is 5.41 Å². The van der Waals surface area contributed by atoms with E-state index in [4.69, 9.17) is 0 Å². The highest BCUT2D eigenvalue weighted by Gasteiger charge is 2.32. The lowest BCUT2D eigenvalue weighted by molar-refractivity contribution is 0.0920. The molecule has 0 aromatic rings. The van der Waals surface area contributed by atoms with Gasteiger partial charge in [0.1, 0.15) is 0 Å². The van der Waals surface area contributed by atoms with Crippen molar-refractivity contribution in [1.82, 2.24) is 10.2 Å². The summed E-state index contributed by atoms with van der Waals surface area (Å²) in [4.78, 5) is 2.24. The zero-order chi connectivity index (χ0) is 14.7. The number of aliphatic hydroxyl groups is 2. The molecule has 0 amide bonds. The zero-order valence-corrected chi connectivity index (χ0v) is 13.2. The van der Waals surface area contributed by atoms with E-state index >= 15 is 0 Å². The van der Waals surface area contributed by atoms with Crippen molar-refractivity contribution in [2.75, 3.05) is 45.9 Å². The topological polar surface area (TPSA) is 55.7 Å². The van der Waals surface area contributed by atoms with E-state index in [1.807, 2.05) is 0 Å². The molecule has 0 heterocycles. The first-order valence-electron chi connectivity index (χ1n) is 8.41. The summed E-state index contributed by atoms with van der Waals surface area (Å²) in [7, 11) is 0. The molecule has 0 bridgehead atoms. The fourth-order valence-corrected chi connectivity index (χ4v) is 3.43. The van der Waals surface area contributed by atoms with Crippen molar-refractivity contribution in [1.29, 1.82) is 0 Å². The zero-order valence-electron chi connectivity index (χ0n) is 13.2. The summed E-state index contributed by atoms with van der Waals surface area (Å²) in [5.74, 6) is 0. The van der Waals surface area contributed by atoms with Gasteiger partial charge in [0.2, 0.25) is 0 Å². The Balaban J connectivity index is 2.62. The number of rotatable bonds is 10. The van der Waals surface area contributed by atoms with E-state index in [0.29, 0.717) is 18.5 Å². The molecule has 20 heavy (non-hydrogen) atoms. The van der Waals surface area contributed by atoms with Gasteiger partial charge in [0.15, 0.2) is 0 Å². The molecule has 4 heteroatoms. The lowest BCUT2D eigenvalue weighted by Gasteiger charge is -2.38. The maximum Gasteiger partial charge on any atom is 0.0558 e. The monoisotopic (exact) mass is 286 g/mol. The molecule has 0 atom stereocenters. The summed E-state index contributed by atoms with van der Waals surface area (Å²) in [5, 5.41) is 22.0. The highest BCUT2D eigenvalue weighted by Crippen LogP contribution is 2.35. The SMILES string of the molecule is CCCNCC1(CN(CCO)CCO)CCCCCC1. The van der Waals surface area contributed by atoms with Crippen molar-refractivity contribution in [2.45, 2.75) is 51.9 Å². The average Bonchev–Trinajstić information content (AvgIpc) is 2.66. The van der Waals surface area contributed by atoms with Crippen LogP contribution in [0.15, 0.2) is 0 Å². The van der Waals surface area contributed by atoms with Gasteiger partial charge in [-0.25, -0.2) is 0 Å². The lowest BCUT2D eigenvalue weighted by Crippen LogP contribution is -2.46. The largest absolute Gasteiger partial charge is 0.395 e. The summed E-state index contributed by atoms with van der Waals surface area (Å²) < 4.78 is 0. The summed E-state index contributed by atoms with van der Waals surface area (Å²) in [6.07, 6.45) is 9.08. The molecule has 0 saturated heterocycles. The van der Waals surface area contributed by atoms with Crippen molar-refractivity contribution >= 4 is 0 Å². The third-order valence-corrected chi connectivity index (χ3v) is 4.48. The quantitative estimate of drug-likeness (QED) is 0.422. The smallest absolute Gasteiger partial charge is 0.0558 e. The predicted molar refractivity (Wildman–Crippen MR) is 83.9 cm³/mol. The van der Waals surface area contributed by atoms with Crippen LogP contribution < -0.4 is 5.32 Å². The van der Waals surface area contributed by atoms with Crippen LogP contribution in [0, 0.1) is 5.41 Å². The Morgan fingerprint density at radius 1 is 1.00 bits per heavy atom. The van der Waals surface area contributed by atoms with E-state index < -0.39 is 0 Å². The minimum Gasteiger partial charge on any atom is -0.395 e. The number of hydrogen-bond donors (Lipinski definition) is 3. The Hall–Kier alpha value is -0.160. The van der Waals surface area contributed by atoms with Gasteiger partial charge in [0.05, 0.1) is 13.2 Å². The van der Waals surface area contributed by atoms with Gasteiger partial charge in [-0.3, -0.25) is 4.90 Å². The maximum atomic E-state index is 9.21. The van der Waals surface area contributed by atoms with Gasteiger partial charge in [-0.15, -0.1) is 0 Å². The Kier molecular flexibility index (Phi) is 9.44. The van der Waals surface area contributed by atoms with Crippen LogP contribution in [-0.2, 0) is 0 Å². The second-order valence-corrected chi connectivity index (χ2v) is 6.31. The Morgan fingerprint density at radius 3 is 2.10 bits per heavy atom. The molecule has 3 N–H and O–H groups in total. The summed E-state index contributed by atoms with van der Waals surface area (Å²) >= 11 is 0. The Bertz CT molecular complexity index is 223. The maximum absolute atomic E-state index is 9.21. The van der Waals surface area contributed by atoms with Gasteiger partial charge in [0, 0.05) is 26.2 Å². The van der Waals surface area contributed by atoms with E-state index in [0.717, 1.165) is 19.6 Å². The lowest BCUT2D eigenvalue weighted by atomic mass is 9.79. The first-order chi connectivity index (χ1) is 9.76. The fraction of sp³-hybridized carbons (Fsp3) is 1.00. The van der Waals surface area contributed by atoms with Crippen LogP contribution in [0.1, 0.15) is 51.9 Å². The number of hydrogen-bond acceptors (Lipinski definition) is 4. The van der Waals surface area contributed by atoms with E-state index in [1.54, 1.807) is 0 Å². The predicted octanol–water partition coefficient (Wildman–Crippen LogP) is 1.61. The van der Waals surface area contributed by atoms with Gasteiger partial charge in [-0.2, -0.15) is 0 Å². The van der Waals surface area contributed by atoms with Crippen molar-refractivity contribution < 1.29 is 10.2 Å². The molecule has 0 spiro atoms. The minimum atomic E-state index is 0.179. The van der Waals surface area contributed by atoms with Gasteiger partial charge in [-0.1, -0.05) is 32.6 Å². The minimum absolute atomic E-state index is 0.179. The Labute approximate surface area is 124 Å². The van der Waals surface area contributed by atoms with Crippen LogP contribution in [0.3, 0.4) is 0 Å². The second kappa shape index (κ2) is 10.6. The Morgan fingerprint density at radius 2 is 1.60 bits per heavy atom. The molecule has 1 aliphatic carbocycles. The van der Waals surface area contributed by atoms with Gasteiger partial charge < -0.3 is 15.5 Å². The summed E-state index contributed by atoms with van der Waals surface area (Å²) in [6.45, 7) is 7.08. The molecule has 1 fully saturated rings. The van der Waals surface area contributed by atoms with Gasteiger partial charge in [-0.05, 0) is 31.2 Å². The molecule has 0 aliphatic heterocycles. The first kappa shape index (κ1) is 17.9. The molecular formula is C16H34N2O2. The summed E-state index contributed by atoms with van der Waals surface area (Å²) in [6, 6.07) is 0. The summed E-state index contributed by atoms with van der Waals surface area (Å²) in [5.41, 5.74) is 0.329. The van der Waals surface area contributed by atoms with Crippen LogP contribution in [0.4, 0.5) is 0 Å². The van der Waals surface area contributed by atoms with E-state index in [1.165, 1.54) is 44.9 Å².